The molecular weight excluding hydrogens is 380 g/mol. The van der Waals surface area contributed by atoms with Crippen LogP contribution in [0.3, 0.4) is 0 Å². The molecule has 1 aromatic carbocycles. The fraction of sp³-hybridized carbons (Fsp3) is 0.296. The van der Waals surface area contributed by atoms with Crippen LogP contribution in [0, 0.1) is 19.8 Å². The molecule has 0 atom stereocenters. The fourth-order valence-electron chi connectivity index (χ4n) is 3.10. The minimum atomic E-state index is 0.738. The highest BCUT2D eigenvalue weighted by molar-refractivity contribution is 6.25. The molecule has 0 aliphatic carbocycles. The van der Waals surface area contributed by atoms with Gasteiger partial charge in [0.05, 0.1) is 0 Å². The van der Waals surface area contributed by atoms with E-state index in [2.05, 4.69) is 86.4 Å². The summed E-state index contributed by atoms with van der Waals surface area (Å²) >= 11 is 0. The van der Waals surface area contributed by atoms with E-state index in [0.29, 0.717) is 0 Å². The summed E-state index contributed by atoms with van der Waals surface area (Å²) in [5.41, 5.74) is 6.01. The number of terminal acetylenes is 1. The van der Waals surface area contributed by atoms with Gasteiger partial charge in [-0.3, -0.25) is 15.0 Å². The molecule has 4 nitrogen and oxygen atoms in total. The van der Waals surface area contributed by atoms with Crippen LogP contribution in [-0.2, 0) is 6.42 Å². The highest BCUT2D eigenvalue weighted by Crippen LogP contribution is 2.16. The Labute approximate surface area is 187 Å². The van der Waals surface area contributed by atoms with Crippen LogP contribution in [0.2, 0.25) is 0 Å². The number of fused-ring (bicyclic) bond motifs is 1. The number of nitrogens with one attached hydrogen (secondary N) is 1. The number of aromatic nitrogens is 1. The topological polar surface area (TPSA) is 49.6 Å². The van der Waals surface area contributed by atoms with E-state index in [1.807, 2.05) is 18.5 Å². The van der Waals surface area contributed by atoms with Crippen LogP contribution in [0.4, 0.5) is 0 Å². The van der Waals surface area contributed by atoms with E-state index in [9.17, 15) is 0 Å². The predicted octanol–water partition coefficient (Wildman–Crippen LogP) is 5.28. The van der Waals surface area contributed by atoms with Crippen LogP contribution in [0.1, 0.15) is 48.9 Å². The summed E-state index contributed by atoms with van der Waals surface area (Å²) in [6.45, 7) is 7.81. The Kier molecular flexibility index (Phi) is 9.97. The Morgan fingerprint density at radius 2 is 1.74 bits per heavy atom. The van der Waals surface area contributed by atoms with Gasteiger partial charge >= 0.3 is 0 Å². The van der Waals surface area contributed by atoms with Crippen LogP contribution < -0.4 is 5.32 Å². The Hall–Kier alpha value is -3.45. The van der Waals surface area contributed by atoms with Crippen LogP contribution in [0.15, 0.2) is 76.5 Å². The maximum absolute atomic E-state index is 4.79. The monoisotopic (exact) mass is 412 g/mol. The molecule has 1 aliphatic rings. The molecule has 0 saturated carbocycles. The van der Waals surface area contributed by atoms with Gasteiger partial charge in [0.15, 0.2) is 0 Å². The Balaban J connectivity index is 0.00000166. The van der Waals surface area contributed by atoms with Gasteiger partial charge in [-0.25, -0.2) is 0 Å². The average Bonchev–Trinajstić information content (AvgIpc) is 3.16. The van der Waals surface area contributed by atoms with Crippen molar-refractivity contribution < 1.29 is 0 Å². The number of rotatable bonds is 8. The van der Waals surface area contributed by atoms with Gasteiger partial charge in [0.1, 0.15) is 11.7 Å². The van der Waals surface area contributed by atoms with Crippen LogP contribution in [0.25, 0.3) is 0 Å². The number of hydrogen-bond donors (Lipinski definition) is 1. The molecule has 1 N–H and O–H groups in total. The molecule has 1 aromatic heterocycles. The van der Waals surface area contributed by atoms with Gasteiger partial charge in [-0.15, -0.1) is 12.8 Å². The van der Waals surface area contributed by atoms with Gasteiger partial charge in [0.25, 0.3) is 0 Å². The second-order valence-corrected chi connectivity index (χ2v) is 7.32. The molecule has 2 aromatic rings. The van der Waals surface area contributed by atoms with Gasteiger partial charge in [-0.2, -0.15) is 0 Å². The zero-order valence-corrected chi connectivity index (χ0v) is 18.8. The van der Waals surface area contributed by atoms with Crippen LogP contribution >= 0.6 is 0 Å². The summed E-state index contributed by atoms with van der Waals surface area (Å²) in [5.74, 6) is 1.78. The number of aryl methyl sites for hydroxylation is 1. The van der Waals surface area contributed by atoms with E-state index in [1.165, 1.54) is 16.7 Å². The van der Waals surface area contributed by atoms with Crippen molar-refractivity contribution in [1.29, 1.82) is 0 Å². The first-order valence-corrected chi connectivity index (χ1v) is 10.7. The van der Waals surface area contributed by atoms with Gasteiger partial charge in [-0.1, -0.05) is 53.6 Å². The van der Waals surface area contributed by atoms with Crippen molar-refractivity contribution in [2.45, 2.75) is 40.0 Å². The van der Waals surface area contributed by atoms with E-state index in [1.54, 1.807) is 0 Å². The van der Waals surface area contributed by atoms with Crippen molar-refractivity contribution in [1.82, 2.24) is 10.3 Å². The van der Waals surface area contributed by atoms with Crippen molar-refractivity contribution >= 4 is 11.7 Å². The number of aliphatic imine (C=N–C) groups is 2. The number of unbranched alkanes of at least 4 members (excludes halogenated alkanes) is 1. The lowest BCUT2D eigenvalue weighted by molar-refractivity contribution is 0.852. The summed E-state index contributed by atoms with van der Waals surface area (Å²) in [5, 5.41) is 3.40. The predicted molar refractivity (Wildman–Crippen MR) is 133 cm³/mol. The van der Waals surface area contributed by atoms with Gasteiger partial charge < -0.3 is 5.32 Å². The van der Waals surface area contributed by atoms with E-state index in [0.717, 1.165) is 55.2 Å². The zero-order valence-electron chi connectivity index (χ0n) is 18.8. The first kappa shape index (κ1) is 23.8. The molecular formula is C27H32N4. The minimum Gasteiger partial charge on any atom is -0.324 e. The van der Waals surface area contributed by atoms with Crippen molar-refractivity contribution in [3.63, 3.8) is 0 Å². The summed E-state index contributed by atoms with van der Waals surface area (Å²) in [7, 11) is 0. The van der Waals surface area contributed by atoms with E-state index in [-0.39, 0.29) is 0 Å². The van der Waals surface area contributed by atoms with E-state index >= 15 is 0 Å². The van der Waals surface area contributed by atoms with Crippen molar-refractivity contribution in [2.24, 2.45) is 9.98 Å². The third kappa shape index (κ3) is 7.38. The van der Waals surface area contributed by atoms with Gasteiger partial charge in [0.2, 0.25) is 0 Å². The number of amidine groups is 2. The quantitative estimate of drug-likeness (QED) is 0.364. The smallest absolute Gasteiger partial charge is 0.136 e. The molecule has 0 bridgehead atoms. The number of benzene rings is 1. The molecule has 31 heavy (non-hydrogen) atoms. The van der Waals surface area contributed by atoms with Gasteiger partial charge in [0, 0.05) is 36.6 Å². The molecule has 0 saturated heterocycles. The standard InChI is InChI=1S/C25H30N4.C2H2/c1-4-19(2)8-6-5-7-15-27-24-22-14-16-26-18-23(22)25(29-24)28-17-13-21-11-9-20(3)10-12-21;1-2/h4,6,8-12,14,16,18H,5,7,13,15,17H2,1-3H3,(H,27,28,29);1-2H/b8-6-,19-4-;. The molecule has 160 valence electrons. The highest BCUT2D eigenvalue weighted by Gasteiger charge is 2.22. The molecule has 0 spiro atoms. The summed E-state index contributed by atoms with van der Waals surface area (Å²) in [6.07, 6.45) is 21.2. The van der Waals surface area contributed by atoms with E-state index < -0.39 is 0 Å². The second-order valence-electron chi connectivity index (χ2n) is 7.32. The molecule has 0 radical (unpaired) electrons. The minimum absolute atomic E-state index is 0.738. The Morgan fingerprint density at radius 3 is 2.48 bits per heavy atom. The lowest BCUT2D eigenvalue weighted by atomic mass is 10.1. The summed E-state index contributed by atoms with van der Waals surface area (Å²) in [4.78, 5) is 13.8. The lowest BCUT2D eigenvalue weighted by Gasteiger charge is -2.02. The maximum Gasteiger partial charge on any atom is 0.136 e. The molecule has 3 rings (SSSR count). The first-order valence-electron chi connectivity index (χ1n) is 10.7. The average molecular weight is 413 g/mol. The molecule has 2 heterocycles. The molecule has 4 heteroatoms. The number of allylic oxidation sites excluding steroid dienone is 4. The number of hydrogen-bond acceptors (Lipinski definition) is 3. The molecule has 0 unspecified atom stereocenters. The third-order valence-electron chi connectivity index (χ3n) is 4.99. The van der Waals surface area contributed by atoms with E-state index in [4.69, 9.17) is 9.98 Å². The number of nitrogens with zero attached hydrogens (tertiary/aromatic N) is 3. The van der Waals surface area contributed by atoms with Crippen molar-refractivity contribution in [2.75, 3.05) is 13.1 Å². The lowest BCUT2D eigenvalue weighted by Crippen LogP contribution is -2.23. The largest absolute Gasteiger partial charge is 0.324 e. The summed E-state index contributed by atoms with van der Waals surface area (Å²) < 4.78 is 0. The molecule has 0 amide bonds. The van der Waals surface area contributed by atoms with Gasteiger partial charge in [-0.05, 0) is 51.7 Å². The SMILES string of the molecule is C#C.C/C=C(C)\C=C/CCCN=C1NC(=NCCc2ccc(C)cc2)c2cnccc21. The highest BCUT2D eigenvalue weighted by atomic mass is 15.1. The molecule has 1 aliphatic heterocycles. The van der Waals surface area contributed by atoms with Crippen LogP contribution in [-0.4, -0.2) is 29.7 Å². The zero-order chi connectivity index (χ0) is 22.5. The van der Waals surface area contributed by atoms with Crippen molar-refractivity contribution in [3.05, 3.63) is 88.8 Å². The fourth-order valence-corrected chi connectivity index (χ4v) is 3.10. The third-order valence-corrected chi connectivity index (χ3v) is 4.99. The maximum atomic E-state index is 4.79. The second kappa shape index (κ2) is 13.0. The Bertz CT molecular complexity index is 976. The Morgan fingerprint density at radius 1 is 1.03 bits per heavy atom. The molecule has 0 fully saturated rings. The number of pyridine rings is 1. The van der Waals surface area contributed by atoms with Crippen LogP contribution in [0.5, 0.6) is 0 Å². The normalized spacial score (nSPS) is 15.6. The summed E-state index contributed by atoms with van der Waals surface area (Å²) in [6, 6.07) is 10.7. The first-order chi connectivity index (χ1) is 15.2. The van der Waals surface area contributed by atoms with Crippen molar-refractivity contribution in [3.8, 4) is 12.8 Å².